The number of rotatable bonds is 7. The summed E-state index contributed by atoms with van der Waals surface area (Å²) in [6.07, 6.45) is 0. The van der Waals surface area contributed by atoms with E-state index in [0.717, 1.165) is 11.1 Å². The number of hydrogen-bond acceptors (Lipinski definition) is 4. The number of carbonyl (C=O) groups excluding carboxylic acids is 2. The molecule has 0 saturated heterocycles. The van der Waals surface area contributed by atoms with E-state index in [9.17, 15) is 9.59 Å². The molecule has 1 atom stereocenters. The number of nitrogens with zero attached hydrogens (tertiary/aromatic N) is 1. The molecule has 0 saturated carbocycles. The van der Waals surface area contributed by atoms with Crippen molar-refractivity contribution in [2.24, 2.45) is 5.92 Å². The van der Waals surface area contributed by atoms with Gasteiger partial charge in [-0.25, -0.2) is 9.59 Å². The Labute approximate surface area is 177 Å². The largest absolute Gasteiger partial charge is 0.497 e. The van der Waals surface area contributed by atoms with Crippen molar-refractivity contribution >= 4 is 12.0 Å². The molecule has 0 spiro atoms. The molecule has 1 aliphatic rings. The third-order valence-electron chi connectivity index (χ3n) is 5.00. The molecule has 30 heavy (non-hydrogen) atoms. The van der Waals surface area contributed by atoms with E-state index in [1.807, 2.05) is 68.4 Å². The molecule has 6 heteroatoms. The third kappa shape index (κ3) is 4.82. The summed E-state index contributed by atoms with van der Waals surface area (Å²) in [7, 11) is 1.59. The Morgan fingerprint density at radius 2 is 1.77 bits per heavy atom. The van der Waals surface area contributed by atoms with Crippen LogP contribution in [-0.2, 0) is 16.1 Å². The number of carbonyl (C=O) groups is 2. The quantitative estimate of drug-likeness (QED) is 0.688. The summed E-state index contributed by atoms with van der Waals surface area (Å²) in [6, 6.07) is 16.2. The summed E-state index contributed by atoms with van der Waals surface area (Å²) >= 11 is 0. The minimum absolute atomic E-state index is 0.216. The Kier molecular flexibility index (Phi) is 6.77. The Morgan fingerprint density at radius 3 is 2.37 bits per heavy atom. The zero-order valence-corrected chi connectivity index (χ0v) is 17.8. The highest BCUT2D eigenvalue weighted by Crippen LogP contribution is 2.33. The Hall–Kier alpha value is -3.28. The third-order valence-corrected chi connectivity index (χ3v) is 5.00. The van der Waals surface area contributed by atoms with Crippen LogP contribution < -0.4 is 10.1 Å². The number of allylic oxidation sites excluding steroid dienone is 1. The molecule has 0 radical (unpaired) electrons. The lowest BCUT2D eigenvalue weighted by Gasteiger charge is -2.35. The highest BCUT2D eigenvalue weighted by atomic mass is 16.5. The molecule has 0 unspecified atom stereocenters. The maximum atomic E-state index is 13.0. The molecule has 158 valence electrons. The maximum absolute atomic E-state index is 13.0. The minimum atomic E-state index is -0.588. The van der Waals surface area contributed by atoms with Gasteiger partial charge in [-0.05, 0) is 36.1 Å². The second-order valence-corrected chi connectivity index (χ2v) is 7.72. The number of urea groups is 1. The smallest absolute Gasteiger partial charge is 0.338 e. The van der Waals surface area contributed by atoms with Crippen LogP contribution in [0.5, 0.6) is 5.75 Å². The Bertz CT molecular complexity index is 920. The van der Waals surface area contributed by atoms with Crippen molar-refractivity contribution in [1.82, 2.24) is 10.2 Å². The van der Waals surface area contributed by atoms with E-state index in [2.05, 4.69) is 5.32 Å². The Balaban J connectivity index is 1.99. The number of hydrogen-bond donors (Lipinski definition) is 1. The van der Waals surface area contributed by atoms with Gasteiger partial charge in [0.25, 0.3) is 0 Å². The van der Waals surface area contributed by atoms with E-state index < -0.39 is 12.0 Å². The zero-order valence-electron chi connectivity index (χ0n) is 17.8. The summed E-state index contributed by atoms with van der Waals surface area (Å²) < 4.78 is 10.8. The number of esters is 1. The van der Waals surface area contributed by atoms with Crippen LogP contribution in [-0.4, -0.2) is 30.6 Å². The van der Waals surface area contributed by atoms with Gasteiger partial charge in [-0.15, -0.1) is 0 Å². The van der Waals surface area contributed by atoms with Crippen LogP contribution >= 0.6 is 0 Å². The van der Waals surface area contributed by atoms with Crippen LogP contribution in [0.3, 0.4) is 0 Å². The molecule has 0 aromatic heterocycles. The summed E-state index contributed by atoms with van der Waals surface area (Å²) in [5, 5.41) is 2.98. The van der Waals surface area contributed by atoms with Crippen molar-refractivity contribution in [3.8, 4) is 5.75 Å². The predicted octanol–water partition coefficient (Wildman–Crippen LogP) is 4.43. The monoisotopic (exact) mass is 408 g/mol. The molecular weight excluding hydrogens is 380 g/mol. The molecule has 2 aromatic carbocycles. The first-order valence-corrected chi connectivity index (χ1v) is 10.0. The molecule has 3 rings (SSSR count). The molecule has 1 heterocycles. The molecule has 1 N–H and O–H groups in total. The fraction of sp³-hybridized carbons (Fsp3) is 0.333. The topological polar surface area (TPSA) is 67.9 Å². The van der Waals surface area contributed by atoms with Gasteiger partial charge in [0.05, 0.1) is 31.9 Å². The van der Waals surface area contributed by atoms with Crippen molar-refractivity contribution in [3.63, 3.8) is 0 Å². The standard InChI is InChI=1S/C24H28N2O4/c1-16(2)15-30-23(27)21-17(3)26(14-18-8-6-5-7-9-18)24(28)25-22(21)19-10-12-20(29-4)13-11-19/h5-13,16,22H,14-15H2,1-4H3,(H,25,28)/t22-/m1/s1. The SMILES string of the molecule is COc1ccc([C@H]2NC(=O)N(Cc3ccccc3)C(C)=C2C(=O)OCC(C)C)cc1. The van der Waals surface area contributed by atoms with Crippen molar-refractivity contribution in [3.05, 3.63) is 77.0 Å². The van der Waals surface area contributed by atoms with Crippen LogP contribution in [0.15, 0.2) is 65.9 Å². The average Bonchev–Trinajstić information content (AvgIpc) is 2.75. The normalized spacial score (nSPS) is 16.5. The number of nitrogens with one attached hydrogen (secondary N) is 1. The van der Waals surface area contributed by atoms with Crippen LogP contribution in [0.25, 0.3) is 0 Å². The molecule has 0 aliphatic carbocycles. The Morgan fingerprint density at radius 1 is 1.10 bits per heavy atom. The van der Waals surface area contributed by atoms with E-state index in [0.29, 0.717) is 30.2 Å². The van der Waals surface area contributed by atoms with E-state index >= 15 is 0 Å². The number of methoxy groups -OCH3 is 1. The highest BCUT2D eigenvalue weighted by Gasteiger charge is 2.36. The van der Waals surface area contributed by atoms with Crippen LogP contribution in [0.4, 0.5) is 4.79 Å². The van der Waals surface area contributed by atoms with E-state index in [-0.39, 0.29) is 11.9 Å². The van der Waals surface area contributed by atoms with Crippen LogP contribution in [0.1, 0.15) is 37.9 Å². The summed E-state index contributed by atoms with van der Waals surface area (Å²) in [4.78, 5) is 27.6. The number of benzene rings is 2. The van der Waals surface area contributed by atoms with Gasteiger partial charge in [0.15, 0.2) is 0 Å². The van der Waals surface area contributed by atoms with Crippen molar-refractivity contribution in [2.45, 2.75) is 33.4 Å². The van der Waals surface area contributed by atoms with Crippen molar-refractivity contribution in [2.75, 3.05) is 13.7 Å². The van der Waals surface area contributed by atoms with Gasteiger partial charge in [-0.3, -0.25) is 4.90 Å². The summed E-state index contributed by atoms with van der Waals surface area (Å²) in [5.74, 6) is 0.504. The lowest BCUT2D eigenvalue weighted by Crippen LogP contribution is -2.47. The van der Waals surface area contributed by atoms with E-state index in [1.54, 1.807) is 18.9 Å². The number of amides is 2. The minimum Gasteiger partial charge on any atom is -0.497 e. The van der Waals surface area contributed by atoms with Gasteiger partial charge in [-0.1, -0.05) is 56.3 Å². The highest BCUT2D eigenvalue weighted by molar-refractivity contribution is 5.95. The summed E-state index contributed by atoms with van der Waals surface area (Å²) in [6.45, 7) is 6.45. The van der Waals surface area contributed by atoms with Gasteiger partial charge in [0.1, 0.15) is 5.75 Å². The molecule has 0 bridgehead atoms. The molecule has 0 fully saturated rings. The van der Waals surface area contributed by atoms with Gasteiger partial charge in [-0.2, -0.15) is 0 Å². The maximum Gasteiger partial charge on any atom is 0.338 e. The zero-order chi connectivity index (χ0) is 21.7. The van der Waals surface area contributed by atoms with Gasteiger partial charge < -0.3 is 14.8 Å². The predicted molar refractivity (Wildman–Crippen MR) is 115 cm³/mol. The lowest BCUT2D eigenvalue weighted by molar-refractivity contribution is -0.140. The van der Waals surface area contributed by atoms with Crippen LogP contribution in [0.2, 0.25) is 0 Å². The van der Waals surface area contributed by atoms with Crippen molar-refractivity contribution < 1.29 is 19.1 Å². The first kappa shape index (κ1) is 21.4. The molecule has 2 aromatic rings. The fourth-order valence-corrected chi connectivity index (χ4v) is 3.37. The first-order chi connectivity index (χ1) is 14.4. The number of ether oxygens (including phenoxy) is 2. The van der Waals surface area contributed by atoms with Gasteiger partial charge in [0.2, 0.25) is 0 Å². The molecule has 2 amide bonds. The molecular formula is C24H28N2O4. The summed E-state index contributed by atoms with van der Waals surface area (Å²) in [5.41, 5.74) is 2.80. The average molecular weight is 408 g/mol. The first-order valence-electron chi connectivity index (χ1n) is 10.0. The van der Waals surface area contributed by atoms with Crippen molar-refractivity contribution in [1.29, 1.82) is 0 Å². The lowest BCUT2D eigenvalue weighted by atomic mass is 9.94. The fourth-order valence-electron chi connectivity index (χ4n) is 3.37. The van der Waals surface area contributed by atoms with Gasteiger partial charge >= 0.3 is 12.0 Å². The van der Waals surface area contributed by atoms with Crippen LogP contribution in [0, 0.1) is 5.92 Å². The van der Waals surface area contributed by atoms with E-state index in [1.165, 1.54) is 0 Å². The second-order valence-electron chi connectivity index (χ2n) is 7.72. The second kappa shape index (κ2) is 9.48. The van der Waals surface area contributed by atoms with E-state index in [4.69, 9.17) is 9.47 Å². The molecule has 6 nitrogen and oxygen atoms in total. The van der Waals surface area contributed by atoms with Gasteiger partial charge in [0, 0.05) is 5.70 Å². The molecule has 1 aliphatic heterocycles.